The quantitative estimate of drug-likeness (QED) is 0.532. The van der Waals surface area contributed by atoms with Gasteiger partial charge in [-0.05, 0) is 25.7 Å². The van der Waals surface area contributed by atoms with Crippen LogP contribution in [-0.2, 0) is 19.1 Å². The number of rotatable bonds is 7. The van der Waals surface area contributed by atoms with Crippen LogP contribution in [0.15, 0.2) is 12.2 Å². The zero-order valence-corrected chi connectivity index (χ0v) is 12.8. The number of hydrogen-bond acceptors (Lipinski definition) is 4. The molecule has 0 saturated heterocycles. The number of ether oxygens (including phenoxy) is 2. The van der Waals surface area contributed by atoms with Gasteiger partial charge in [0.25, 0.3) is 0 Å². The number of esters is 2. The number of allylic oxidation sites excluding steroid dienone is 2. The Balaban J connectivity index is 2.59. The molecular weight excluding hydrogens is 256 g/mol. The van der Waals surface area contributed by atoms with Crippen molar-refractivity contribution in [2.75, 3.05) is 13.2 Å². The Morgan fingerprint density at radius 1 is 1.00 bits per heavy atom. The van der Waals surface area contributed by atoms with Gasteiger partial charge >= 0.3 is 11.9 Å². The lowest BCUT2D eigenvalue weighted by Crippen LogP contribution is -2.34. The Morgan fingerprint density at radius 2 is 1.50 bits per heavy atom. The van der Waals surface area contributed by atoms with Crippen molar-refractivity contribution in [3.05, 3.63) is 12.2 Å². The van der Waals surface area contributed by atoms with E-state index < -0.39 is 11.8 Å². The van der Waals surface area contributed by atoms with Gasteiger partial charge in [-0.1, -0.05) is 38.8 Å². The van der Waals surface area contributed by atoms with Gasteiger partial charge in [0.1, 0.15) is 0 Å². The standard InChI is InChI=1S/C16H26O4/c1-4-12(5-2)11-20-16(18)14-10-8-7-9-13(14)15(17)19-6-3/h7-8,12-14H,4-6,9-11H2,1-3H3. The normalized spacial score (nSPS) is 21.8. The van der Waals surface area contributed by atoms with Crippen molar-refractivity contribution in [3.8, 4) is 0 Å². The van der Waals surface area contributed by atoms with Crippen molar-refractivity contribution in [3.63, 3.8) is 0 Å². The highest BCUT2D eigenvalue weighted by atomic mass is 16.5. The minimum Gasteiger partial charge on any atom is -0.466 e. The summed E-state index contributed by atoms with van der Waals surface area (Å²) in [6.07, 6.45) is 6.99. The maximum absolute atomic E-state index is 12.2. The van der Waals surface area contributed by atoms with Crippen molar-refractivity contribution in [2.45, 2.75) is 46.5 Å². The predicted octanol–water partition coefficient (Wildman–Crippen LogP) is 3.11. The van der Waals surface area contributed by atoms with Gasteiger partial charge in [0, 0.05) is 0 Å². The first-order valence-corrected chi connectivity index (χ1v) is 7.62. The van der Waals surface area contributed by atoms with E-state index in [-0.39, 0.29) is 11.9 Å². The smallest absolute Gasteiger partial charge is 0.310 e. The Morgan fingerprint density at radius 3 is 1.95 bits per heavy atom. The molecule has 2 atom stereocenters. The molecule has 0 amide bonds. The molecule has 0 spiro atoms. The second-order valence-corrected chi connectivity index (χ2v) is 5.22. The highest BCUT2D eigenvalue weighted by Crippen LogP contribution is 2.28. The first-order valence-electron chi connectivity index (χ1n) is 7.62. The Kier molecular flexibility index (Phi) is 7.34. The molecule has 0 heterocycles. The zero-order chi connectivity index (χ0) is 15.0. The van der Waals surface area contributed by atoms with Crippen LogP contribution >= 0.6 is 0 Å². The summed E-state index contributed by atoms with van der Waals surface area (Å²) < 4.78 is 10.5. The molecule has 0 aromatic carbocycles. The predicted molar refractivity (Wildman–Crippen MR) is 77.0 cm³/mol. The Labute approximate surface area is 121 Å². The van der Waals surface area contributed by atoms with Crippen LogP contribution in [0.4, 0.5) is 0 Å². The molecule has 20 heavy (non-hydrogen) atoms. The van der Waals surface area contributed by atoms with Crippen molar-refractivity contribution in [1.29, 1.82) is 0 Å². The fourth-order valence-electron chi connectivity index (χ4n) is 2.42. The van der Waals surface area contributed by atoms with E-state index >= 15 is 0 Å². The van der Waals surface area contributed by atoms with Crippen molar-refractivity contribution >= 4 is 11.9 Å². The molecule has 1 aliphatic rings. The monoisotopic (exact) mass is 282 g/mol. The third-order valence-corrected chi connectivity index (χ3v) is 3.94. The maximum atomic E-state index is 12.2. The van der Waals surface area contributed by atoms with Crippen molar-refractivity contribution < 1.29 is 19.1 Å². The van der Waals surface area contributed by atoms with E-state index in [1.807, 2.05) is 12.2 Å². The molecule has 0 bridgehead atoms. The van der Waals surface area contributed by atoms with Crippen LogP contribution in [0.3, 0.4) is 0 Å². The lowest BCUT2D eigenvalue weighted by atomic mass is 9.83. The molecular formula is C16H26O4. The van der Waals surface area contributed by atoms with Crippen molar-refractivity contribution in [2.24, 2.45) is 17.8 Å². The van der Waals surface area contributed by atoms with E-state index in [0.29, 0.717) is 32.0 Å². The molecule has 4 heteroatoms. The molecule has 2 unspecified atom stereocenters. The second-order valence-electron chi connectivity index (χ2n) is 5.22. The van der Waals surface area contributed by atoms with Gasteiger partial charge in [-0.25, -0.2) is 0 Å². The molecule has 0 radical (unpaired) electrons. The van der Waals surface area contributed by atoms with Gasteiger partial charge in [0.05, 0.1) is 25.0 Å². The van der Waals surface area contributed by atoms with E-state index in [0.717, 1.165) is 12.8 Å². The largest absolute Gasteiger partial charge is 0.466 e. The van der Waals surface area contributed by atoms with Crippen LogP contribution in [-0.4, -0.2) is 25.2 Å². The highest BCUT2D eigenvalue weighted by Gasteiger charge is 2.36. The van der Waals surface area contributed by atoms with Crippen LogP contribution in [0.1, 0.15) is 46.5 Å². The molecule has 0 aromatic heterocycles. The average molecular weight is 282 g/mol. The van der Waals surface area contributed by atoms with E-state index in [1.54, 1.807) is 6.92 Å². The van der Waals surface area contributed by atoms with Gasteiger partial charge in [-0.2, -0.15) is 0 Å². The summed E-state index contributed by atoms with van der Waals surface area (Å²) in [6.45, 7) is 6.74. The fourth-order valence-corrected chi connectivity index (χ4v) is 2.42. The van der Waals surface area contributed by atoms with Gasteiger partial charge < -0.3 is 9.47 Å². The summed E-state index contributed by atoms with van der Waals surface area (Å²) in [5.74, 6) is -0.942. The first-order chi connectivity index (χ1) is 9.63. The third-order valence-electron chi connectivity index (χ3n) is 3.94. The van der Waals surface area contributed by atoms with Gasteiger partial charge in [0.15, 0.2) is 0 Å². The average Bonchev–Trinajstić information content (AvgIpc) is 2.48. The molecule has 0 aromatic rings. The highest BCUT2D eigenvalue weighted by molar-refractivity contribution is 5.82. The summed E-state index contributed by atoms with van der Waals surface area (Å²) in [7, 11) is 0. The maximum Gasteiger partial charge on any atom is 0.310 e. The molecule has 0 aliphatic heterocycles. The SMILES string of the molecule is CCOC(=O)C1CC=CCC1C(=O)OCC(CC)CC. The number of carbonyl (C=O) groups is 2. The second kappa shape index (κ2) is 8.77. The molecule has 0 N–H and O–H groups in total. The van der Waals surface area contributed by atoms with Crippen LogP contribution < -0.4 is 0 Å². The Bertz CT molecular complexity index is 344. The Hall–Kier alpha value is -1.32. The van der Waals surface area contributed by atoms with Crippen LogP contribution in [0.5, 0.6) is 0 Å². The molecule has 0 fully saturated rings. The number of carbonyl (C=O) groups excluding carboxylic acids is 2. The summed E-state index contributed by atoms with van der Waals surface area (Å²) in [5.41, 5.74) is 0. The summed E-state index contributed by atoms with van der Waals surface area (Å²) in [4.78, 5) is 24.1. The van der Waals surface area contributed by atoms with Crippen LogP contribution in [0, 0.1) is 17.8 Å². The fraction of sp³-hybridized carbons (Fsp3) is 0.750. The summed E-state index contributed by atoms with van der Waals surface area (Å²) >= 11 is 0. The van der Waals surface area contributed by atoms with Gasteiger partial charge in [-0.3, -0.25) is 9.59 Å². The van der Waals surface area contributed by atoms with Crippen LogP contribution in [0.2, 0.25) is 0 Å². The molecule has 4 nitrogen and oxygen atoms in total. The van der Waals surface area contributed by atoms with Crippen molar-refractivity contribution in [1.82, 2.24) is 0 Å². The summed E-state index contributed by atoms with van der Waals surface area (Å²) in [6, 6.07) is 0. The topological polar surface area (TPSA) is 52.6 Å². The lowest BCUT2D eigenvalue weighted by molar-refractivity contribution is -0.161. The first kappa shape index (κ1) is 16.7. The zero-order valence-electron chi connectivity index (χ0n) is 12.8. The van der Waals surface area contributed by atoms with Gasteiger partial charge in [0.2, 0.25) is 0 Å². The van der Waals surface area contributed by atoms with E-state index in [2.05, 4.69) is 13.8 Å². The molecule has 1 aliphatic carbocycles. The molecule has 1 rings (SSSR count). The third kappa shape index (κ3) is 4.66. The number of hydrogen-bond donors (Lipinski definition) is 0. The van der Waals surface area contributed by atoms with E-state index in [1.165, 1.54) is 0 Å². The van der Waals surface area contributed by atoms with E-state index in [9.17, 15) is 9.59 Å². The van der Waals surface area contributed by atoms with Gasteiger partial charge in [-0.15, -0.1) is 0 Å². The van der Waals surface area contributed by atoms with E-state index in [4.69, 9.17) is 9.47 Å². The molecule has 0 saturated carbocycles. The lowest BCUT2D eigenvalue weighted by Gasteiger charge is -2.25. The van der Waals surface area contributed by atoms with Crippen LogP contribution in [0.25, 0.3) is 0 Å². The molecule has 114 valence electrons. The minimum absolute atomic E-state index is 0.265. The summed E-state index contributed by atoms with van der Waals surface area (Å²) in [5, 5.41) is 0. The minimum atomic E-state index is -0.395.